The van der Waals surface area contributed by atoms with Gasteiger partial charge in [-0.2, -0.15) is 0 Å². The molecule has 1 aromatic carbocycles. The fraction of sp³-hybridized carbons (Fsp3) is 0.533. The van der Waals surface area contributed by atoms with E-state index in [1.807, 2.05) is 38.1 Å². The van der Waals surface area contributed by atoms with Gasteiger partial charge in [-0.05, 0) is 44.2 Å². The molecule has 0 bridgehead atoms. The normalized spacial score (nSPS) is 17.8. The first-order chi connectivity index (χ1) is 9.08. The highest BCUT2D eigenvalue weighted by atomic mass is 79.9. The van der Waals surface area contributed by atoms with Gasteiger partial charge >= 0.3 is 0 Å². The first kappa shape index (κ1) is 14.5. The van der Waals surface area contributed by atoms with Crippen molar-refractivity contribution in [3.8, 4) is 0 Å². The zero-order chi connectivity index (χ0) is 13.8. The lowest BCUT2D eigenvalue weighted by Gasteiger charge is -2.19. The van der Waals surface area contributed by atoms with Gasteiger partial charge in [-0.1, -0.05) is 34.1 Å². The number of benzene rings is 1. The van der Waals surface area contributed by atoms with Crippen LogP contribution in [0.25, 0.3) is 0 Å². The molecule has 0 saturated heterocycles. The number of hydrogen-bond acceptors (Lipinski definition) is 2. The van der Waals surface area contributed by atoms with E-state index in [0.717, 1.165) is 10.0 Å². The maximum Gasteiger partial charge on any atom is 0.249 e. The molecule has 2 rings (SSSR count). The van der Waals surface area contributed by atoms with Gasteiger partial charge in [-0.15, -0.1) is 0 Å². The standard InChI is InChI=1S/C15H20BrNO2/c1-10(13-5-3-4-6-14(13)16)17-15(18)11(2)19-9-12-7-8-12/h3-6,10-12H,7-9H2,1-2H3,(H,17,18). The van der Waals surface area contributed by atoms with Crippen LogP contribution >= 0.6 is 15.9 Å². The Labute approximate surface area is 122 Å². The molecule has 1 aliphatic rings. The maximum atomic E-state index is 12.0. The summed E-state index contributed by atoms with van der Waals surface area (Å²) in [6.45, 7) is 4.49. The van der Waals surface area contributed by atoms with E-state index in [-0.39, 0.29) is 18.1 Å². The topological polar surface area (TPSA) is 38.3 Å². The van der Waals surface area contributed by atoms with E-state index >= 15 is 0 Å². The highest BCUT2D eigenvalue weighted by molar-refractivity contribution is 9.10. The lowest BCUT2D eigenvalue weighted by atomic mass is 10.1. The van der Waals surface area contributed by atoms with Crippen molar-refractivity contribution in [3.05, 3.63) is 34.3 Å². The van der Waals surface area contributed by atoms with Gasteiger partial charge in [-0.3, -0.25) is 4.79 Å². The number of carbonyl (C=O) groups is 1. The summed E-state index contributed by atoms with van der Waals surface area (Å²) in [4.78, 5) is 12.0. The average Bonchev–Trinajstić information content (AvgIpc) is 3.20. The Kier molecular flexibility index (Phi) is 4.99. The van der Waals surface area contributed by atoms with Crippen LogP contribution in [0.3, 0.4) is 0 Å². The molecule has 0 heterocycles. The Morgan fingerprint density at radius 3 is 2.74 bits per heavy atom. The molecule has 1 N–H and O–H groups in total. The Morgan fingerprint density at radius 1 is 1.42 bits per heavy atom. The van der Waals surface area contributed by atoms with Crippen LogP contribution in [0.2, 0.25) is 0 Å². The summed E-state index contributed by atoms with van der Waals surface area (Å²) in [6.07, 6.45) is 2.09. The first-order valence-electron chi connectivity index (χ1n) is 6.74. The zero-order valence-electron chi connectivity index (χ0n) is 11.4. The Bertz CT molecular complexity index is 446. The van der Waals surface area contributed by atoms with E-state index in [1.165, 1.54) is 12.8 Å². The highest BCUT2D eigenvalue weighted by Gasteiger charge is 2.24. The predicted molar refractivity (Wildman–Crippen MR) is 78.8 cm³/mol. The molecule has 1 fully saturated rings. The van der Waals surface area contributed by atoms with Crippen molar-refractivity contribution in [1.29, 1.82) is 0 Å². The number of amides is 1. The summed E-state index contributed by atoms with van der Waals surface area (Å²) < 4.78 is 6.58. The number of hydrogen-bond donors (Lipinski definition) is 1. The lowest BCUT2D eigenvalue weighted by Crippen LogP contribution is -2.36. The molecule has 0 aliphatic heterocycles. The van der Waals surface area contributed by atoms with Crippen LogP contribution in [-0.2, 0) is 9.53 Å². The molecule has 0 aromatic heterocycles. The minimum absolute atomic E-state index is 0.0324. The van der Waals surface area contributed by atoms with Crippen molar-refractivity contribution < 1.29 is 9.53 Å². The predicted octanol–water partition coefficient (Wildman–Crippen LogP) is 3.44. The third-order valence-electron chi connectivity index (χ3n) is 3.38. The molecule has 2 unspecified atom stereocenters. The van der Waals surface area contributed by atoms with Crippen LogP contribution in [0.4, 0.5) is 0 Å². The SMILES string of the molecule is CC(OCC1CC1)C(=O)NC(C)c1ccccc1Br. The van der Waals surface area contributed by atoms with Crippen molar-refractivity contribution in [2.24, 2.45) is 5.92 Å². The van der Waals surface area contributed by atoms with Gasteiger partial charge in [0.2, 0.25) is 5.91 Å². The van der Waals surface area contributed by atoms with Crippen LogP contribution in [0.15, 0.2) is 28.7 Å². The van der Waals surface area contributed by atoms with Crippen LogP contribution in [0, 0.1) is 5.92 Å². The Balaban J connectivity index is 1.85. The number of halogens is 1. The smallest absolute Gasteiger partial charge is 0.249 e. The quantitative estimate of drug-likeness (QED) is 0.870. The molecule has 0 spiro atoms. The van der Waals surface area contributed by atoms with E-state index in [4.69, 9.17) is 4.74 Å². The highest BCUT2D eigenvalue weighted by Crippen LogP contribution is 2.29. The molecule has 1 aliphatic carbocycles. The molecule has 4 heteroatoms. The fourth-order valence-corrected chi connectivity index (χ4v) is 2.50. The second kappa shape index (κ2) is 6.53. The van der Waals surface area contributed by atoms with Crippen molar-refractivity contribution >= 4 is 21.8 Å². The van der Waals surface area contributed by atoms with E-state index in [1.54, 1.807) is 0 Å². The molecule has 1 aromatic rings. The summed E-state index contributed by atoms with van der Waals surface area (Å²) in [7, 11) is 0. The van der Waals surface area contributed by atoms with Crippen LogP contribution in [0.5, 0.6) is 0 Å². The summed E-state index contributed by atoms with van der Waals surface area (Å²) >= 11 is 3.50. The van der Waals surface area contributed by atoms with Gasteiger partial charge < -0.3 is 10.1 Å². The molecular weight excluding hydrogens is 306 g/mol. The molecule has 104 valence electrons. The average molecular weight is 326 g/mol. The summed E-state index contributed by atoms with van der Waals surface area (Å²) in [5.74, 6) is 0.625. The summed E-state index contributed by atoms with van der Waals surface area (Å²) in [5, 5.41) is 2.99. The van der Waals surface area contributed by atoms with E-state index in [2.05, 4.69) is 21.2 Å². The van der Waals surface area contributed by atoms with Gasteiger partial charge in [-0.25, -0.2) is 0 Å². The molecule has 1 amide bonds. The van der Waals surface area contributed by atoms with Crippen molar-refractivity contribution in [2.75, 3.05) is 6.61 Å². The van der Waals surface area contributed by atoms with E-state index < -0.39 is 0 Å². The minimum atomic E-state index is -0.384. The van der Waals surface area contributed by atoms with Crippen LogP contribution in [0.1, 0.15) is 38.3 Å². The van der Waals surface area contributed by atoms with Crippen LogP contribution in [-0.4, -0.2) is 18.6 Å². The molecule has 2 atom stereocenters. The van der Waals surface area contributed by atoms with Crippen LogP contribution < -0.4 is 5.32 Å². The third kappa shape index (κ3) is 4.32. The van der Waals surface area contributed by atoms with Crippen molar-refractivity contribution in [2.45, 2.75) is 38.8 Å². The van der Waals surface area contributed by atoms with Crippen molar-refractivity contribution in [1.82, 2.24) is 5.32 Å². The van der Waals surface area contributed by atoms with Gasteiger partial charge in [0, 0.05) is 4.47 Å². The molecule has 3 nitrogen and oxygen atoms in total. The molecule has 0 radical (unpaired) electrons. The fourth-order valence-electron chi connectivity index (χ4n) is 1.88. The number of carbonyl (C=O) groups excluding carboxylic acids is 1. The number of ether oxygens (including phenoxy) is 1. The van der Waals surface area contributed by atoms with Crippen molar-refractivity contribution in [3.63, 3.8) is 0 Å². The van der Waals surface area contributed by atoms with E-state index in [9.17, 15) is 4.79 Å². The van der Waals surface area contributed by atoms with Gasteiger partial charge in [0.1, 0.15) is 6.10 Å². The van der Waals surface area contributed by atoms with Gasteiger partial charge in [0.25, 0.3) is 0 Å². The Morgan fingerprint density at radius 2 is 2.11 bits per heavy atom. The largest absolute Gasteiger partial charge is 0.368 e. The molecule has 19 heavy (non-hydrogen) atoms. The first-order valence-corrected chi connectivity index (χ1v) is 7.53. The minimum Gasteiger partial charge on any atom is -0.368 e. The second-order valence-corrected chi connectivity index (χ2v) is 6.03. The number of nitrogens with one attached hydrogen (secondary N) is 1. The van der Waals surface area contributed by atoms with Gasteiger partial charge in [0.05, 0.1) is 12.6 Å². The molecule has 1 saturated carbocycles. The summed E-state index contributed by atoms with van der Waals surface area (Å²) in [6, 6.07) is 7.88. The monoisotopic (exact) mass is 325 g/mol. The third-order valence-corrected chi connectivity index (χ3v) is 4.10. The lowest BCUT2D eigenvalue weighted by molar-refractivity contribution is -0.132. The number of rotatable bonds is 6. The second-order valence-electron chi connectivity index (χ2n) is 5.17. The van der Waals surface area contributed by atoms with E-state index in [0.29, 0.717) is 12.5 Å². The Hall–Kier alpha value is -0.870. The molecular formula is C15H20BrNO2. The van der Waals surface area contributed by atoms with Gasteiger partial charge in [0.15, 0.2) is 0 Å². The zero-order valence-corrected chi connectivity index (χ0v) is 12.9. The summed E-state index contributed by atoms with van der Waals surface area (Å²) in [5.41, 5.74) is 1.07. The maximum absolute atomic E-state index is 12.0.